The largest absolute Gasteiger partial charge is 0.481 e. The second kappa shape index (κ2) is 7.20. The molecule has 1 aliphatic rings. The molecule has 1 heterocycles. The lowest BCUT2D eigenvalue weighted by Gasteiger charge is -2.26. The van der Waals surface area contributed by atoms with E-state index >= 15 is 0 Å². The quantitative estimate of drug-likeness (QED) is 0.731. The lowest BCUT2D eigenvalue weighted by atomic mass is 10.1. The monoisotopic (exact) mass is 258 g/mol. The fourth-order valence-corrected chi connectivity index (χ4v) is 2.24. The van der Waals surface area contributed by atoms with Crippen LogP contribution in [0.2, 0.25) is 0 Å². The zero-order valence-corrected chi connectivity index (χ0v) is 10.8. The highest BCUT2D eigenvalue weighted by molar-refractivity contribution is 5.75. The van der Waals surface area contributed by atoms with E-state index in [1.807, 2.05) is 6.92 Å². The van der Waals surface area contributed by atoms with Crippen LogP contribution in [0.4, 0.5) is 4.79 Å². The number of rotatable bonds is 6. The maximum absolute atomic E-state index is 12.1. The summed E-state index contributed by atoms with van der Waals surface area (Å²) in [6.07, 6.45) is 1.63. The fourth-order valence-electron chi connectivity index (χ4n) is 2.24. The van der Waals surface area contributed by atoms with Crippen molar-refractivity contribution in [1.29, 1.82) is 0 Å². The number of carboxylic acids is 1. The Labute approximate surface area is 107 Å². The van der Waals surface area contributed by atoms with Gasteiger partial charge in [-0.1, -0.05) is 0 Å². The van der Waals surface area contributed by atoms with Crippen molar-refractivity contribution in [1.82, 2.24) is 9.80 Å². The third-order valence-electron chi connectivity index (χ3n) is 3.34. The smallest absolute Gasteiger partial charge is 0.320 e. The highest BCUT2D eigenvalue weighted by Gasteiger charge is 2.28. The van der Waals surface area contributed by atoms with Crippen LogP contribution in [0.5, 0.6) is 0 Å². The number of carboxylic acid groups (broad SMARTS) is 1. The van der Waals surface area contributed by atoms with Gasteiger partial charge in [0.05, 0.1) is 6.42 Å². The molecule has 2 amide bonds. The van der Waals surface area contributed by atoms with Gasteiger partial charge in [-0.15, -0.1) is 0 Å². The average Bonchev–Trinajstić information content (AvgIpc) is 2.78. The van der Waals surface area contributed by atoms with Gasteiger partial charge in [0.25, 0.3) is 0 Å². The molecule has 1 rings (SSSR count). The minimum Gasteiger partial charge on any atom is -0.481 e. The molecule has 0 aromatic carbocycles. The van der Waals surface area contributed by atoms with Gasteiger partial charge < -0.3 is 20.0 Å². The zero-order chi connectivity index (χ0) is 13.5. The summed E-state index contributed by atoms with van der Waals surface area (Å²) in [6, 6.07) is -0.0841. The molecule has 0 aliphatic carbocycles. The average molecular weight is 258 g/mol. The van der Waals surface area contributed by atoms with Crippen LogP contribution in [0.3, 0.4) is 0 Å². The van der Waals surface area contributed by atoms with Gasteiger partial charge in [0.1, 0.15) is 0 Å². The van der Waals surface area contributed by atoms with Crippen LogP contribution in [-0.2, 0) is 4.79 Å². The van der Waals surface area contributed by atoms with Crippen LogP contribution < -0.4 is 0 Å². The Morgan fingerprint density at radius 3 is 2.72 bits per heavy atom. The second-order valence-corrected chi connectivity index (χ2v) is 4.62. The van der Waals surface area contributed by atoms with E-state index in [1.165, 1.54) is 0 Å². The predicted octanol–water partition coefficient (Wildman–Crippen LogP) is 0.607. The van der Waals surface area contributed by atoms with Crippen LogP contribution in [-0.4, -0.2) is 64.8 Å². The van der Waals surface area contributed by atoms with Crippen LogP contribution in [0.25, 0.3) is 0 Å². The first-order valence-corrected chi connectivity index (χ1v) is 6.45. The van der Waals surface area contributed by atoms with Crippen molar-refractivity contribution in [3.63, 3.8) is 0 Å². The minimum atomic E-state index is -0.888. The first-order chi connectivity index (χ1) is 8.58. The molecule has 6 heteroatoms. The SMILES string of the molecule is CCN(CCC(=O)O)C(=O)N1CCC(CCO)C1. The third-order valence-corrected chi connectivity index (χ3v) is 3.34. The highest BCUT2D eigenvalue weighted by atomic mass is 16.4. The Morgan fingerprint density at radius 2 is 2.17 bits per heavy atom. The molecule has 6 nitrogen and oxygen atoms in total. The molecule has 1 unspecified atom stereocenters. The van der Waals surface area contributed by atoms with Crippen molar-refractivity contribution in [2.24, 2.45) is 5.92 Å². The van der Waals surface area contributed by atoms with E-state index in [0.717, 1.165) is 12.8 Å². The summed E-state index contributed by atoms with van der Waals surface area (Å²) in [4.78, 5) is 26.0. The van der Waals surface area contributed by atoms with E-state index in [4.69, 9.17) is 10.2 Å². The van der Waals surface area contributed by atoms with Crippen molar-refractivity contribution in [2.45, 2.75) is 26.2 Å². The molecular weight excluding hydrogens is 236 g/mol. The molecular formula is C12H22N2O4. The van der Waals surface area contributed by atoms with Gasteiger partial charge in [-0.05, 0) is 25.7 Å². The van der Waals surface area contributed by atoms with E-state index in [9.17, 15) is 9.59 Å². The summed E-state index contributed by atoms with van der Waals surface area (Å²) in [6.45, 7) is 4.15. The number of likely N-dealkylation sites (tertiary alicyclic amines) is 1. The standard InChI is InChI=1S/C12H22N2O4/c1-2-13(7-4-11(16)17)12(18)14-6-3-10(9-14)5-8-15/h10,15H,2-9H2,1H3,(H,16,17). The maximum Gasteiger partial charge on any atom is 0.320 e. The van der Waals surface area contributed by atoms with Gasteiger partial charge in [0.15, 0.2) is 0 Å². The summed E-state index contributed by atoms with van der Waals surface area (Å²) >= 11 is 0. The van der Waals surface area contributed by atoms with Crippen molar-refractivity contribution >= 4 is 12.0 Å². The van der Waals surface area contributed by atoms with Crippen molar-refractivity contribution in [2.75, 3.05) is 32.8 Å². The third kappa shape index (κ3) is 4.18. The molecule has 1 aliphatic heterocycles. The summed E-state index contributed by atoms with van der Waals surface area (Å²) in [5.74, 6) is -0.516. The van der Waals surface area contributed by atoms with Gasteiger partial charge >= 0.3 is 12.0 Å². The summed E-state index contributed by atoms with van der Waals surface area (Å²) in [7, 11) is 0. The normalized spacial score (nSPS) is 19.0. The first-order valence-electron chi connectivity index (χ1n) is 6.45. The lowest BCUT2D eigenvalue weighted by molar-refractivity contribution is -0.137. The minimum absolute atomic E-state index is 0.0203. The lowest BCUT2D eigenvalue weighted by Crippen LogP contribution is -2.43. The number of aliphatic hydroxyl groups is 1. The first kappa shape index (κ1) is 14.8. The van der Waals surface area contributed by atoms with E-state index in [-0.39, 0.29) is 25.6 Å². The number of nitrogens with zero attached hydrogens (tertiary/aromatic N) is 2. The van der Waals surface area contributed by atoms with Crippen LogP contribution >= 0.6 is 0 Å². The molecule has 0 saturated carbocycles. The molecule has 104 valence electrons. The molecule has 0 spiro atoms. The summed E-state index contributed by atoms with van der Waals surface area (Å²) in [5, 5.41) is 17.5. The van der Waals surface area contributed by atoms with E-state index in [0.29, 0.717) is 25.6 Å². The van der Waals surface area contributed by atoms with Gasteiger partial charge in [0, 0.05) is 32.8 Å². The number of carbonyl (C=O) groups is 2. The maximum atomic E-state index is 12.1. The van der Waals surface area contributed by atoms with Crippen LogP contribution in [0.15, 0.2) is 0 Å². The number of aliphatic hydroxyl groups excluding tert-OH is 1. The summed E-state index contributed by atoms with van der Waals surface area (Å²) < 4.78 is 0. The Morgan fingerprint density at radius 1 is 1.44 bits per heavy atom. The molecule has 1 fully saturated rings. The molecule has 18 heavy (non-hydrogen) atoms. The molecule has 0 aromatic rings. The predicted molar refractivity (Wildman–Crippen MR) is 66.3 cm³/mol. The van der Waals surface area contributed by atoms with Crippen LogP contribution in [0, 0.1) is 5.92 Å². The Balaban J connectivity index is 2.44. The zero-order valence-electron chi connectivity index (χ0n) is 10.8. The van der Waals surface area contributed by atoms with Crippen molar-refractivity contribution < 1.29 is 19.8 Å². The second-order valence-electron chi connectivity index (χ2n) is 4.62. The Kier molecular flexibility index (Phi) is 5.91. The van der Waals surface area contributed by atoms with Crippen molar-refractivity contribution in [3.8, 4) is 0 Å². The molecule has 0 aromatic heterocycles. The van der Waals surface area contributed by atoms with Gasteiger partial charge in [-0.25, -0.2) is 4.79 Å². The molecule has 2 N–H and O–H groups in total. The molecule has 0 bridgehead atoms. The van der Waals surface area contributed by atoms with Gasteiger partial charge in [-0.3, -0.25) is 4.79 Å². The van der Waals surface area contributed by atoms with Crippen LogP contribution in [0.1, 0.15) is 26.2 Å². The topological polar surface area (TPSA) is 81.1 Å². The van der Waals surface area contributed by atoms with E-state index < -0.39 is 5.97 Å². The number of carbonyl (C=O) groups excluding carboxylic acids is 1. The molecule has 0 radical (unpaired) electrons. The van der Waals surface area contributed by atoms with Gasteiger partial charge in [-0.2, -0.15) is 0 Å². The fraction of sp³-hybridized carbons (Fsp3) is 0.833. The number of hydrogen-bond donors (Lipinski definition) is 2. The molecule has 1 saturated heterocycles. The number of aliphatic carboxylic acids is 1. The number of urea groups is 1. The number of hydrogen-bond acceptors (Lipinski definition) is 3. The Hall–Kier alpha value is -1.30. The summed E-state index contributed by atoms with van der Waals surface area (Å²) in [5.41, 5.74) is 0. The van der Waals surface area contributed by atoms with Gasteiger partial charge in [0.2, 0.25) is 0 Å². The number of amides is 2. The highest BCUT2D eigenvalue weighted by Crippen LogP contribution is 2.20. The van der Waals surface area contributed by atoms with E-state index in [2.05, 4.69) is 0 Å². The molecule has 1 atom stereocenters. The van der Waals surface area contributed by atoms with Crippen molar-refractivity contribution in [3.05, 3.63) is 0 Å². The Bertz CT molecular complexity index is 296. The van der Waals surface area contributed by atoms with E-state index in [1.54, 1.807) is 9.80 Å².